The number of hydrogen-bond donors (Lipinski definition) is 2. The molecular weight excluding hydrogens is 304 g/mol. The Kier molecular flexibility index (Phi) is 4.10. The van der Waals surface area contributed by atoms with E-state index in [9.17, 15) is 4.79 Å². The van der Waals surface area contributed by atoms with Crippen molar-refractivity contribution in [3.05, 3.63) is 24.2 Å². The molecule has 1 saturated heterocycles. The molecule has 7 nitrogen and oxygen atoms in total. The fourth-order valence-corrected chi connectivity index (χ4v) is 3.43. The standard InChI is InChI=1S/C17H24N6O/c1-12-18-16-6-5-15(11-23(16)21-12)20-17(24)22-9-7-14(8-10-22)19-13-3-2-4-13/h5-6,11,13-14,19H,2-4,7-10H2,1H3,(H,20,24). The van der Waals surface area contributed by atoms with Crippen molar-refractivity contribution in [1.82, 2.24) is 24.8 Å². The summed E-state index contributed by atoms with van der Waals surface area (Å²) in [6.07, 6.45) is 7.85. The first-order valence-electron chi connectivity index (χ1n) is 8.82. The van der Waals surface area contributed by atoms with E-state index >= 15 is 0 Å². The monoisotopic (exact) mass is 328 g/mol. The molecule has 1 saturated carbocycles. The third kappa shape index (κ3) is 3.21. The van der Waals surface area contributed by atoms with Crippen molar-refractivity contribution in [3.8, 4) is 0 Å². The van der Waals surface area contributed by atoms with Gasteiger partial charge < -0.3 is 15.5 Å². The minimum Gasteiger partial charge on any atom is -0.324 e. The van der Waals surface area contributed by atoms with Crippen LogP contribution in [0.4, 0.5) is 10.5 Å². The van der Waals surface area contributed by atoms with Gasteiger partial charge in [-0.15, -0.1) is 0 Å². The van der Waals surface area contributed by atoms with Gasteiger partial charge in [0.25, 0.3) is 0 Å². The lowest BCUT2D eigenvalue weighted by Gasteiger charge is -2.37. The lowest BCUT2D eigenvalue weighted by atomic mass is 9.91. The summed E-state index contributed by atoms with van der Waals surface area (Å²) < 4.78 is 1.69. The Bertz CT molecular complexity index is 730. The number of anilines is 1. The number of aryl methyl sites for hydroxylation is 1. The van der Waals surface area contributed by atoms with Crippen LogP contribution >= 0.6 is 0 Å². The second-order valence-electron chi connectivity index (χ2n) is 6.87. The van der Waals surface area contributed by atoms with E-state index in [1.165, 1.54) is 19.3 Å². The molecule has 0 radical (unpaired) electrons. The molecular formula is C17H24N6O. The van der Waals surface area contributed by atoms with Crippen LogP contribution in [0, 0.1) is 6.92 Å². The average molecular weight is 328 g/mol. The largest absolute Gasteiger partial charge is 0.324 e. The van der Waals surface area contributed by atoms with Gasteiger partial charge in [-0.1, -0.05) is 6.42 Å². The number of nitrogens with one attached hydrogen (secondary N) is 2. The van der Waals surface area contributed by atoms with Crippen molar-refractivity contribution in [2.45, 2.75) is 51.1 Å². The molecule has 4 rings (SSSR count). The highest BCUT2D eigenvalue weighted by Gasteiger charge is 2.26. The van der Waals surface area contributed by atoms with E-state index < -0.39 is 0 Å². The number of urea groups is 1. The highest BCUT2D eigenvalue weighted by atomic mass is 16.2. The molecule has 0 spiro atoms. The molecule has 2 aromatic heterocycles. The summed E-state index contributed by atoms with van der Waals surface area (Å²) in [6.45, 7) is 3.47. The van der Waals surface area contributed by atoms with Gasteiger partial charge in [0, 0.05) is 25.2 Å². The minimum atomic E-state index is -0.0340. The lowest BCUT2D eigenvalue weighted by molar-refractivity contribution is 0.179. The molecule has 0 unspecified atom stereocenters. The van der Waals surface area contributed by atoms with Crippen LogP contribution in [0.3, 0.4) is 0 Å². The van der Waals surface area contributed by atoms with E-state index in [0.29, 0.717) is 12.1 Å². The van der Waals surface area contributed by atoms with E-state index in [1.54, 1.807) is 10.7 Å². The summed E-state index contributed by atoms with van der Waals surface area (Å²) in [4.78, 5) is 18.6. The first kappa shape index (κ1) is 15.4. The molecule has 1 aliphatic carbocycles. The van der Waals surface area contributed by atoms with Gasteiger partial charge in [0.05, 0.1) is 11.9 Å². The Morgan fingerprint density at radius 2 is 1.92 bits per heavy atom. The normalized spacial score (nSPS) is 19.5. The Morgan fingerprint density at radius 1 is 1.17 bits per heavy atom. The van der Waals surface area contributed by atoms with Crippen LogP contribution in [0.15, 0.2) is 18.3 Å². The van der Waals surface area contributed by atoms with Crippen LogP contribution in [-0.4, -0.2) is 50.7 Å². The summed E-state index contributed by atoms with van der Waals surface area (Å²) in [5.41, 5.74) is 1.53. The van der Waals surface area contributed by atoms with Gasteiger partial charge in [-0.25, -0.2) is 14.3 Å². The smallest absolute Gasteiger partial charge is 0.321 e. The summed E-state index contributed by atoms with van der Waals surface area (Å²) in [7, 11) is 0. The van der Waals surface area contributed by atoms with E-state index in [2.05, 4.69) is 20.7 Å². The molecule has 2 amide bonds. The number of likely N-dealkylation sites (tertiary alicyclic amines) is 1. The van der Waals surface area contributed by atoms with E-state index in [1.807, 2.05) is 24.0 Å². The maximum absolute atomic E-state index is 12.5. The highest BCUT2D eigenvalue weighted by Crippen LogP contribution is 2.21. The average Bonchev–Trinajstić information content (AvgIpc) is 2.91. The van der Waals surface area contributed by atoms with E-state index in [0.717, 1.165) is 43.1 Å². The zero-order chi connectivity index (χ0) is 16.5. The first-order valence-corrected chi connectivity index (χ1v) is 8.82. The fourth-order valence-electron chi connectivity index (χ4n) is 3.43. The van der Waals surface area contributed by atoms with Gasteiger partial charge in [-0.2, -0.15) is 5.10 Å². The molecule has 0 aromatic carbocycles. The van der Waals surface area contributed by atoms with Crippen molar-refractivity contribution in [3.63, 3.8) is 0 Å². The quantitative estimate of drug-likeness (QED) is 0.905. The number of fused-ring (bicyclic) bond motifs is 1. The van der Waals surface area contributed by atoms with Crippen molar-refractivity contribution in [2.75, 3.05) is 18.4 Å². The van der Waals surface area contributed by atoms with Crippen LogP contribution in [0.1, 0.15) is 37.9 Å². The predicted octanol–water partition coefficient (Wildman–Crippen LogP) is 2.18. The van der Waals surface area contributed by atoms with Crippen LogP contribution in [0.5, 0.6) is 0 Å². The molecule has 2 N–H and O–H groups in total. The Labute approximate surface area is 141 Å². The molecule has 2 aliphatic rings. The Balaban J connectivity index is 1.32. The molecule has 0 atom stereocenters. The summed E-state index contributed by atoms with van der Waals surface area (Å²) in [5.74, 6) is 0.722. The number of nitrogens with zero attached hydrogens (tertiary/aromatic N) is 4. The number of piperidine rings is 1. The second kappa shape index (κ2) is 6.39. The summed E-state index contributed by atoms with van der Waals surface area (Å²) in [6, 6.07) is 4.98. The summed E-state index contributed by atoms with van der Waals surface area (Å²) in [5, 5.41) is 11.0. The number of amides is 2. The van der Waals surface area contributed by atoms with Crippen LogP contribution < -0.4 is 10.6 Å². The van der Waals surface area contributed by atoms with Gasteiger partial charge in [0.1, 0.15) is 5.82 Å². The molecule has 128 valence electrons. The number of carbonyl (C=O) groups is 1. The SMILES string of the molecule is Cc1nc2ccc(NC(=O)N3CCC(NC4CCC4)CC3)cn2n1. The van der Waals surface area contributed by atoms with Crippen molar-refractivity contribution in [1.29, 1.82) is 0 Å². The van der Waals surface area contributed by atoms with E-state index in [-0.39, 0.29) is 6.03 Å². The molecule has 2 aromatic rings. The lowest BCUT2D eigenvalue weighted by Crippen LogP contribution is -2.50. The van der Waals surface area contributed by atoms with Gasteiger partial charge >= 0.3 is 6.03 Å². The number of hydrogen-bond acceptors (Lipinski definition) is 4. The van der Waals surface area contributed by atoms with Crippen LogP contribution in [0.2, 0.25) is 0 Å². The molecule has 0 bridgehead atoms. The van der Waals surface area contributed by atoms with Crippen molar-refractivity contribution < 1.29 is 4.79 Å². The van der Waals surface area contributed by atoms with Gasteiger partial charge in [0.15, 0.2) is 5.65 Å². The molecule has 7 heteroatoms. The Morgan fingerprint density at radius 3 is 2.62 bits per heavy atom. The second-order valence-corrected chi connectivity index (χ2v) is 6.87. The first-order chi connectivity index (χ1) is 11.7. The van der Waals surface area contributed by atoms with Crippen molar-refractivity contribution >= 4 is 17.4 Å². The number of aromatic nitrogens is 3. The zero-order valence-corrected chi connectivity index (χ0v) is 14.0. The Hall–Kier alpha value is -2.15. The molecule has 24 heavy (non-hydrogen) atoms. The summed E-state index contributed by atoms with van der Waals surface area (Å²) >= 11 is 0. The fraction of sp³-hybridized carbons (Fsp3) is 0.588. The van der Waals surface area contributed by atoms with Crippen LogP contribution in [-0.2, 0) is 0 Å². The van der Waals surface area contributed by atoms with Gasteiger partial charge in [0.2, 0.25) is 0 Å². The minimum absolute atomic E-state index is 0.0340. The van der Waals surface area contributed by atoms with Gasteiger partial charge in [-0.3, -0.25) is 0 Å². The third-order valence-electron chi connectivity index (χ3n) is 5.05. The van der Waals surface area contributed by atoms with Crippen molar-refractivity contribution in [2.24, 2.45) is 0 Å². The maximum Gasteiger partial charge on any atom is 0.321 e. The topological polar surface area (TPSA) is 74.6 Å². The predicted molar refractivity (Wildman–Crippen MR) is 92.1 cm³/mol. The highest BCUT2D eigenvalue weighted by molar-refractivity contribution is 5.89. The van der Waals surface area contributed by atoms with Crippen LogP contribution in [0.25, 0.3) is 5.65 Å². The van der Waals surface area contributed by atoms with E-state index in [4.69, 9.17) is 0 Å². The number of pyridine rings is 1. The third-order valence-corrected chi connectivity index (χ3v) is 5.05. The number of rotatable bonds is 3. The molecule has 3 heterocycles. The maximum atomic E-state index is 12.5. The number of carbonyl (C=O) groups excluding carboxylic acids is 1. The molecule has 1 aliphatic heterocycles. The zero-order valence-electron chi connectivity index (χ0n) is 14.0. The molecule has 2 fully saturated rings. The van der Waals surface area contributed by atoms with Gasteiger partial charge in [-0.05, 0) is 44.7 Å².